The van der Waals surface area contributed by atoms with Gasteiger partial charge in [-0.15, -0.1) is 0 Å². The molecule has 0 heterocycles. The predicted octanol–water partition coefficient (Wildman–Crippen LogP) is 3.23. The first kappa shape index (κ1) is 16.5. The summed E-state index contributed by atoms with van der Waals surface area (Å²) in [5, 5.41) is 12.0. The summed E-state index contributed by atoms with van der Waals surface area (Å²) in [5.74, 6) is -0.938. The maximum atomic E-state index is 12.7. The third-order valence-corrected chi connectivity index (χ3v) is 4.54. The molecule has 1 amide bonds. The van der Waals surface area contributed by atoms with Gasteiger partial charge in [-0.25, -0.2) is 4.79 Å². The molecule has 2 N–H and O–H groups in total. The van der Waals surface area contributed by atoms with E-state index in [-0.39, 0.29) is 16.9 Å². The van der Waals surface area contributed by atoms with Crippen LogP contribution in [0.5, 0.6) is 0 Å². The third kappa shape index (κ3) is 3.47. The van der Waals surface area contributed by atoms with Crippen LogP contribution in [0.15, 0.2) is 18.2 Å². The lowest BCUT2D eigenvalue weighted by molar-refractivity contribution is -0.126. The summed E-state index contributed by atoms with van der Waals surface area (Å²) in [6.45, 7) is 2.31. The summed E-state index contributed by atoms with van der Waals surface area (Å²) in [6, 6.07) is 4.89. The quantitative estimate of drug-likeness (QED) is 0.846. The summed E-state index contributed by atoms with van der Waals surface area (Å²) in [5.41, 5.74) is 1.20. The zero-order valence-electron chi connectivity index (χ0n) is 13.1. The maximum absolute atomic E-state index is 12.7. The van der Waals surface area contributed by atoms with E-state index in [0.29, 0.717) is 17.9 Å². The van der Waals surface area contributed by atoms with E-state index in [0.717, 1.165) is 32.1 Å². The Bertz CT molecular complexity index is 562. The molecule has 5 heteroatoms. The second-order valence-electron chi connectivity index (χ2n) is 6.02. The summed E-state index contributed by atoms with van der Waals surface area (Å²) in [4.78, 5) is 23.7. The van der Waals surface area contributed by atoms with Crippen LogP contribution in [0.25, 0.3) is 0 Å². The van der Waals surface area contributed by atoms with Crippen LogP contribution < -0.4 is 5.32 Å². The molecule has 0 bridgehead atoms. The highest BCUT2D eigenvalue weighted by molar-refractivity contribution is 5.96. The molecule has 2 rings (SSSR count). The average Bonchev–Trinajstić information content (AvgIpc) is 2.95. The number of hydrogen-bond acceptors (Lipinski definition) is 3. The molecule has 1 aromatic rings. The largest absolute Gasteiger partial charge is 0.478 e. The highest BCUT2D eigenvalue weighted by Crippen LogP contribution is 2.42. The van der Waals surface area contributed by atoms with E-state index in [1.165, 1.54) is 6.07 Å². The van der Waals surface area contributed by atoms with Gasteiger partial charge in [0.25, 0.3) is 0 Å². The number of benzene rings is 1. The van der Waals surface area contributed by atoms with Gasteiger partial charge in [0, 0.05) is 19.4 Å². The molecular weight excluding hydrogens is 282 g/mol. The van der Waals surface area contributed by atoms with Crippen LogP contribution in [0.1, 0.15) is 48.0 Å². The number of anilines is 1. The van der Waals surface area contributed by atoms with Crippen LogP contribution >= 0.6 is 0 Å². The molecule has 1 aliphatic carbocycles. The van der Waals surface area contributed by atoms with Gasteiger partial charge >= 0.3 is 5.97 Å². The highest BCUT2D eigenvalue weighted by Gasteiger charge is 2.40. The molecule has 0 saturated heterocycles. The van der Waals surface area contributed by atoms with Gasteiger partial charge in [-0.3, -0.25) is 4.79 Å². The van der Waals surface area contributed by atoms with E-state index in [4.69, 9.17) is 9.84 Å². The fourth-order valence-corrected chi connectivity index (χ4v) is 3.18. The summed E-state index contributed by atoms with van der Waals surface area (Å²) in [7, 11) is 1.65. The molecule has 22 heavy (non-hydrogen) atoms. The minimum atomic E-state index is -0.956. The van der Waals surface area contributed by atoms with Gasteiger partial charge in [-0.05, 0) is 49.9 Å². The Balaban J connectivity index is 2.13. The first-order valence-corrected chi connectivity index (χ1v) is 7.63. The van der Waals surface area contributed by atoms with Crippen molar-refractivity contribution in [1.82, 2.24) is 0 Å². The minimum absolute atomic E-state index is 0.0181. The molecule has 0 spiro atoms. The monoisotopic (exact) mass is 305 g/mol. The van der Waals surface area contributed by atoms with E-state index in [1.54, 1.807) is 26.2 Å². The highest BCUT2D eigenvalue weighted by atomic mass is 16.5. The number of carboxylic acid groups (broad SMARTS) is 1. The van der Waals surface area contributed by atoms with Crippen LogP contribution in [0, 0.1) is 12.3 Å². The smallest absolute Gasteiger partial charge is 0.335 e. The molecule has 1 aliphatic rings. The molecule has 120 valence electrons. The molecule has 1 saturated carbocycles. The normalized spacial score (nSPS) is 16.5. The molecular formula is C17H23NO4. The average molecular weight is 305 g/mol. The van der Waals surface area contributed by atoms with Gasteiger partial charge in [0.15, 0.2) is 0 Å². The summed E-state index contributed by atoms with van der Waals surface area (Å²) < 4.78 is 5.15. The molecule has 1 fully saturated rings. The molecule has 0 radical (unpaired) electrons. The lowest BCUT2D eigenvalue weighted by Gasteiger charge is -2.27. The van der Waals surface area contributed by atoms with Crippen molar-refractivity contribution in [3.8, 4) is 0 Å². The Morgan fingerprint density at radius 2 is 2.00 bits per heavy atom. The van der Waals surface area contributed by atoms with E-state index >= 15 is 0 Å². The van der Waals surface area contributed by atoms with E-state index in [1.807, 2.05) is 0 Å². The lowest BCUT2D eigenvalue weighted by Crippen LogP contribution is -2.35. The number of hydrogen-bond donors (Lipinski definition) is 2. The number of carbonyl (C=O) groups excluding carboxylic acids is 1. The number of rotatable bonds is 6. The fraction of sp³-hybridized carbons (Fsp3) is 0.529. The first-order chi connectivity index (χ1) is 10.5. The fourth-order valence-electron chi connectivity index (χ4n) is 3.18. The number of carbonyl (C=O) groups is 2. The van der Waals surface area contributed by atoms with Gasteiger partial charge < -0.3 is 15.2 Å². The number of nitrogens with one attached hydrogen (secondary N) is 1. The van der Waals surface area contributed by atoms with Gasteiger partial charge in [0.2, 0.25) is 5.91 Å². The SMILES string of the molecule is COCCC1(C(=O)Nc2ccc(C(=O)O)c(C)c2)CCCC1. The molecule has 5 nitrogen and oxygen atoms in total. The van der Waals surface area contributed by atoms with Crippen molar-refractivity contribution in [3.63, 3.8) is 0 Å². The maximum Gasteiger partial charge on any atom is 0.335 e. The van der Waals surface area contributed by atoms with Crippen LogP contribution in [0.4, 0.5) is 5.69 Å². The molecule has 0 aliphatic heterocycles. The number of amides is 1. The summed E-state index contributed by atoms with van der Waals surface area (Å²) in [6.07, 6.45) is 4.62. The molecule has 1 aromatic carbocycles. The Hall–Kier alpha value is -1.88. The van der Waals surface area contributed by atoms with Crippen molar-refractivity contribution in [1.29, 1.82) is 0 Å². The Kier molecular flexibility index (Phi) is 5.19. The predicted molar refractivity (Wildman–Crippen MR) is 84.2 cm³/mol. The van der Waals surface area contributed by atoms with Gasteiger partial charge in [0.05, 0.1) is 11.0 Å². The Morgan fingerprint density at radius 3 is 2.55 bits per heavy atom. The molecule has 0 atom stereocenters. The van der Waals surface area contributed by atoms with Crippen LogP contribution in [0.3, 0.4) is 0 Å². The van der Waals surface area contributed by atoms with Crippen molar-refractivity contribution in [2.75, 3.05) is 19.0 Å². The molecule has 0 aromatic heterocycles. The van der Waals surface area contributed by atoms with Gasteiger partial charge in [0.1, 0.15) is 0 Å². The van der Waals surface area contributed by atoms with Gasteiger partial charge in [-0.1, -0.05) is 12.8 Å². The minimum Gasteiger partial charge on any atom is -0.478 e. The van der Waals surface area contributed by atoms with Crippen molar-refractivity contribution >= 4 is 17.6 Å². The van der Waals surface area contributed by atoms with Crippen molar-refractivity contribution in [2.24, 2.45) is 5.41 Å². The Labute approximate surface area is 130 Å². The van der Waals surface area contributed by atoms with Gasteiger partial charge in [-0.2, -0.15) is 0 Å². The lowest BCUT2D eigenvalue weighted by atomic mass is 9.82. The van der Waals surface area contributed by atoms with Crippen molar-refractivity contribution in [2.45, 2.75) is 39.0 Å². The number of carboxylic acids is 1. The van der Waals surface area contributed by atoms with E-state index < -0.39 is 5.97 Å². The number of ether oxygens (including phenoxy) is 1. The molecule has 0 unspecified atom stereocenters. The van der Waals surface area contributed by atoms with E-state index in [2.05, 4.69) is 5.32 Å². The Morgan fingerprint density at radius 1 is 1.32 bits per heavy atom. The van der Waals surface area contributed by atoms with Crippen LogP contribution in [-0.2, 0) is 9.53 Å². The zero-order chi connectivity index (χ0) is 16.2. The number of methoxy groups -OCH3 is 1. The van der Waals surface area contributed by atoms with Crippen molar-refractivity contribution in [3.05, 3.63) is 29.3 Å². The second kappa shape index (κ2) is 6.92. The number of aryl methyl sites for hydroxylation is 1. The topological polar surface area (TPSA) is 75.6 Å². The zero-order valence-corrected chi connectivity index (χ0v) is 13.1. The number of aromatic carboxylic acids is 1. The standard InChI is InChI=1S/C17H23NO4/c1-12-11-13(5-6-14(12)15(19)20)18-16(21)17(9-10-22-2)7-3-4-8-17/h5-6,11H,3-4,7-10H2,1-2H3,(H,18,21)(H,19,20). The summed E-state index contributed by atoms with van der Waals surface area (Å²) >= 11 is 0. The van der Waals surface area contributed by atoms with Crippen LogP contribution in [-0.4, -0.2) is 30.7 Å². The first-order valence-electron chi connectivity index (χ1n) is 7.63. The van der Waals surface area contributed by atoms with Crippen molar-refractivity contribution < 1.29 is 19.4 Å². The van der Waals surface area contributed by atoms with E-state index in [9.17, 15) is 9.59 Å². The second-order valence-corrected chi connectivity index (χ2v) is 6.02. The third-order valence-electron chi connectivity index (χ3n) is 4.54. The van der Waals surface area contributed by atoms with Crippen LogP contribution in [0.2, 0.25) is 0 Å².